The highest BCUT2D eigenvalue weighted by Crippen LogP contribution is 2.30. The quantitative estimate of drug-likeness (QED) is 0.426. The normalized spacial score (nSPS) is 10.7. The summed E-state index contributed by atoms with van der Waals surface area (Å²) < 4.78 is 6.79. The molecule has 0 aliphatic carbocycles. The van der Waals surface area contributed by atoms with Gasteiger partial charge in [0.25, 0.3) is 0 Å². The predicted octanol–water partition coefficient (Wildman–Crippen LogP) is 4.10. The number of nitrogens with zero attached hydrogens (tertiary/aromatic N) is 3. The largest absolute Gasteiger partial charge is 0.492 e. The topological polar surface area (TPSA) is 95.1 Å². The first-order valence-corrected chi connectivity index (χ1v) is 10.0. The van der Waals surface area contributed by atoms with Crippen LogP contribution in [0.25, 0.3) is 11.4 Å². The molecule has 3 N–H and O–H groups in total. The molecule has 2 aromatic carbocycles. The molecule has 10 heteroatoms. The number of nitrogens with two attached hydrogens (primary N) is 1. The Labute approximate surface area is 176 Å². The Morgan fingerprint density at radius 2 is 2.04 bits per heavy atom. The maximum absolute atomic E-state index is 12.3. The van der Waals surface area contributed by atoms with E-state index in [-0.39, 0.29) is 11.7 Å². The Hall–Kier alpha value is -2.42. The van der Waals surface area contributed by atoms with Gasteiger partial charge in [-0.2, -0.15) is 0 Å². The minimum atomic E-state index is -0.216. The first kappa shape index (κ1) is 20.3. The second-order valence-electron chi connectivity index (χ2n) is 5.57. The zero-order valence-corrected chi connectivity index (χ0v) is 17.2. The van der Waals surface area contributed by atoms with E-state index in [0.717, 1.165) is 11.8 Å². The van der Waals surface area contributed by atoms with Crippen molar-refractivity contribution in [3.05, 3.63) is 52.5 Å². The van der Waals surface area contributed by atoms with E-state index < -0.39 is 0 Å². The Morgan fingerprint density at radius 1 is 1.25 bits per heavy atom. The molecule has 0 aliphatic rings. The van der Waals surface area contributed by atoms with Gasteiger partial charge in [0.15, 0.2) is 5.82 Å². The van der Waals surface area contributed by atoms with Gasteiger partial charge in [-0.15, -0.1) is 10.2 Å². The summed E-state index contributed by atoms with van der Waals surface area (Å²) >= 11 is 13.3. The lowest BCUT2D eigenvalue weighted by atomic mass is 10.2. The molecule has 1 aromatic heterocycles. The number of thioether (sulfide) groups is 1. The number of para-hydroxylation sites is 2. The summed E-state index contributed by atoms with van der Waals surface area (Å²) in [5.74, 6) is 6.95. The average Bonchev–Trinajstić information content (AvgIpc) is 3.02. The van der Waals surface area contributed by atoms with Crippen molar-refractivity contribution in [2.75, 3.05) is 23.5 Å². The number of nitrogens with one attached hydrogen (secondary N) is 1. The van der Waals surface area contributed by atoms with E-state index in [4.69, 9.17) is 33.8 Å². The second kappa shape index (κ2) is 9.18. The zero-order chi connectivity index (χ0) is 20.1. The lowest BCUT2D eigenvalue weighted by Gasteiger charge is -2.11. The fourth-order valence-corrected chi connectivity index (χ4v) is 3.55. The number of carbonyl (C=O) groups is 1. The van der Waals surface area contributed by atoms with Gasteiger partial charge in [-0.25, -0.2) is 4.68 Å². The minimum Gasteiger partial charge on any atom is -0.492 e. The highest BCUT2D eigenvalue weighted by atomic mass is 35.5. The van der Waals surface area contributed by atoms with Crippen LogP contribution in [0.1, 0.15) is 6.92 Å². The van der Waals surface area contributed by atoms with Crippen molar-refractivity contribution < 1.29 is 9.53 Å². The van der Waals surface area contributed by atoms with E-state index in [2.05, 4.69) is 15.5 Å². The highest BCUT2D eigenvalue weighted by molar-refractivity contribution is 7.99. The summed E-state index contributed by atoms with van der Waals surface area (Å²) in [5, 5.41) is 12.2. The number of amides is 1. The van der Waals surface area contributed by atoms with Gasteiger partial charge in [0.2, 0.25) is 11.1 Å². The maximum Gasteiger partial charge on any atom is 0.234 e. The van der Waals surface area contributed by atoms with Gasteiger partial charge in [0.1, 0.15) is 5.75 Å². The molecule has 7 nitrogen and oxygen atoms in total. The number of anilines is 1. The van der Waals surface area contributed by atoms with Gasteiger partial charge in [-0.05, 0) is 37.3 Å². The van der Waals surface area contributed by atoms with Gasteiger partial charge in [-0.3, -0.25) is 4.79 Å². The van der Waals surface area contributed by atoms with Gasteiger partial charge < -0.3 is 15.9 Å². The summed E-state index contributed by atoms with van der Waals surface area (Å²) in [6, 6.07) is 12.2. The van der Waals surface area contributed by atoms with Crippen LogP contribution < -0.4 is 15.9 Å². The Morgan fingerprint density at radius 3 is 2.79 bits per heavy atom. The number of hydrogen-bond donors (Lipinski definition) is 2. The predicted molar refractivity (Wildman–Crippen MR) is 113 cm³/mol. The fraction of sp³-hybridized carbons (Fsp3) is 0.167. The average molecular weight is 438 g/mol. The summed E-state index contributed by atoms with van der Waals surface area (Å²) in [6.45, 7) is 2.39. The molecule has 1 heterocycles. The standard InChI is InChI=1S/C18H17Cl2N5O2S/c1-2-27-15-6-4-3-5-14(15)22-16(26)10-28-18-24-23-17(25(18)21)12-8-7-11(19)9-13(12)20/h3-9H,2,10,21H2,1H3,(H,22,26). The summed E-state index contributed by atoms with van der Waals surface area (Å²) in [6.07, 6.45) is 0. The zero-order valence-electron chi connectivity index (χ0n) is 14.9. The van der Waals surface area contributed by atoms with Crippen molar-refractivity contribution in [3.8, 4) is 17.1 Å². The molecule has 3 aromatic rings. The molecular weight excluding hydrogens is 421 g/mol. The lowest BCUT2D eigenvalue weighted by Crippen LogP contribution is -2.17. The number of halogens is 2. The molecule has 0 bridgehead atoms. The van der Waals surface area contributed by atoms with Gasteiger partial charge >= 0.3 is 0 Å². The van der Waals surface area contributed by atoms with Crippen LogP contribution in [-0.4, -0.2) is 33.1 Å². The first-order valence-electron chi connectivity index (χ1n) is 8.30. The van der Waals surface area contributed by atoms with Crippen molar-refractivity contribution in [2.45, 2.75) is 12.1 Å². The summed E-state index contributed by atoms with van der Waals surface area (Å²) in [7, 11) is 0. The van der Waals surface area contributed by atoms with Gasteiger partial charge in [0, 0.05) is 10.6 Å². The number of nitrogen functional groups attached to an aromatic ring is 1. The van der Waals surface area contributed by atoms with Crippen LogP contribution in [-0.2, 0) is 4.79 Å². The SMILES string of the molecule is CCOc1ccccc1NC(=O)CSc1nnc(-c2ccc(Cl)cc2Cl)n1N. The maximum atomic E-state index is 12.3. The molecular formula is C18H17Cl2N5O2S. The highest BCUT2D eigenvalue weighted by Gasteiger charge is 2.16. The van der Waals surface area contributed by atoms with Crippen LogP contribution in [0.3, 0.4) is 0 Å². The second-order valence-corrected chi connectivity index (χ2v) is 7.35. The molecule has 0 spiro atoms. The first-order chi connectivity index (χ1) is 13.5. The molecule has 3 rings (SSSR count). The van der Waals surface area contributed by atoms with E-state index in [9.17, 15) is 4.79 Å². The van der Waals surface area contributed by atoms with Crippen molar-refractivity contribution >= 4 is 46.6 Å². The molecule has 1 amide bonds. The Kier molecular flexibility index (Phi) is 6.66. The molecule has 0 fully saturated rings. The third kappa shape index (κ3) is 4.70. The fourth-order valence-electron chi connectivity index (χ4n) is 2.40. The molecule has 146 valence electrons. The third-order valence-electron chi connectivity index (χ3n) is 3.63. The number of hydrogen-bond acceptors (Lipinski definition) is 6. The number of ether oxygens (including phenoxy) is 1. The van der Waals surface area contributed by atoms with E-state index >= 15 is 0 Å². The number of aromatic nitrogens is 3. The molecule has 28 heavy (non-hydrogen) atoms. The smallest absolute Gasteiger partial charge is 0.234 e. The number of carbonyl (C=O) groups excluding carboxylic acids is 1. The third-order valence-corrected chi connectivity index (χ3v) is 5.12. The molecule has 0 saturated heterocycles. The monoisotopic (exact) mass is 437 g/mol. The summed E-state index contributed by atoms with van der Waals surface area (Å²) in [5.41, 5.74) is 1.21. The van der Waals surface area contributed by atoms with E-state index in [1.54, 1.807) is 30.3 Å². The van der Waals surface area contributed by atoms with Crippen molar-refractivity contribution in [1.29, 1.82) is 0 Å². The lowest BCUT2D eigenvalue weighted by molar-refractivity contribution is -0.113. The van der Waals surface area contributed by atoms with Crippen molar-refractivity contribution in [3.63, 3.8) is 0 Å². The van der Waals surface area contributed by atoms with Crippen LogP contribution in [0.4, 0.5) is 5.69 Å². The molecule has 0 atom stereocenters. The van der Waals surface area contributed by atoms with Crippen molar-refractivity contribution in [2.24, 2.45) is 0 Å². The van der Waals surface area contributed by atoms with Crippen LogP contribution in [0.15, 0.2) is 47.6 Å². The van der Waals surface area contributed by atoms with Gasteiger partial charge in [-0.1, -0.05) is 47.1 Å². The van der Waals surface area contributed by atoms with Crippen LogP contribution in [0.5, 0.6) is 5.75 Å². The molecule has 0 saturated carbocycles. The van der Waals surface area contributed by atoms with Crippen LogP contribution >= 0.6 is 35.0 Å². The Bertz CT molecular complexity index is 996. The van der Waals surface area contributed by atoms with E-state index in [0.29, 0.717) is 44.6 Å². The minimum absolute atomic E-state index is 0.101. The van der Waals surface area contributed by atoms with E-state index in [1.807, 2.05) is 19.1 Å². The number of rotatable bonds is 7. The van der Waals surface area contributed by atoms with Gasteiger partial charge in [0.05, 0.1) is 23.1 Å². The van der Waals surface area contributed by atoms with Crippen molar-refractivity contribution in [1.82, 2.24) is 14.9 Å². The van der Waals surface area contributed by atoms with E-state index in [1.165, 1.54) is 4.68 Å². The molecule has 0 radical (unpaired) electrons. The molecule has 0 unspecified atom stereocenters. The Balaban J connectivity index is 1.67. The number of benzene rings is 2. The molecule has 0 aliphatic heterocycles. The van der Waals surface area contributed by atoms with Crippen LogP contribution in [0, 0.1) is 0 Å². The summed E-state index contributed by atoms with van der Waals surface area (Å²) in [4.78, 5) is 12.3. The van der Waals surface area contributed by atoms with Crippen LogP contribution in [0.2, 0.25) is 10.0 Å².